The molecule has 3 nitrogen and oxygen atoms in total. The van der Waals surface area contributed by atoms with Gasteiger partial charge in [0, 0.05) is 22.4 Å². The Kier molecular flexibility index (Phi) is 14.6. The summed E-state index contributed by atoms with van der Waals surface area (Å²) in [6.07, 6.45) is 28.0. The summed E-state index contributed by atoms with van der Waals surface area (Å²) in [6, 6.07) is 14.0. The topological polar surface area (TPSA) is 30.7 Å². The molecule has 5 aromatic rings. The first-order valence-electron chi connectivity index (χ1n) is 19.3. The normalized spacial score (nSPS) is 12.7. The number of hydrogen-bond acceptors (Lipinski definition) is 4. The Labute approximate surface area is 293 Å². The average Bonchev–Trinajstić information content (AvgIpc) is 3.79. The zero-order valence-electron chi connectivity index (χ0n) is 30.0. The molecule has 0 N–H and O–H groups in total. The van der Waals surface area contributed by atoms with Gasteiger partial charge in [-0.2, -0.15) is 8.75 Å². The van der Waals surface area contributed by atoms with Crippen molar-refractivity contribution in [2.24, 2.45) is 5.92 Å². The van der Waals surface area contributed by atoms with Gasteiger partial charge in [-0.05, 0) is 55.9 Å². The highest BCUT2D eigenvalue weighted by Gasteiger charge is 2.19. The van der Waals surface area contributed by atoms with Gasteiger partial charge in [0.25, 0.3) is 0 Å². The zero-order chi connectivity index (χ0) is 32.8. The van der Waals surface area contributed by atoms with Crippen molar-refractivity contribution in [2.75, 3.05) is 0 Å². The largest absolute Gasteiger partial charge is 0.339 e. The SMILES string of the molecule is CCCCCCCCCCCCC(CCCCCCCCCC)Cn1c2cc(-c3ccc(C)c4nsnc34)ccc2c2sc(C)cc21. The highest BCUT2D eigenvalue weighted by Crippen LogP contribution is 2.39. The van der Waals surface area contributed by atoms with Crippen LogP contribution in [0, 0.1) is 19.8 Å². The molecule has 1 unspecified atom stereocenters. The second-order valence-electron chi connectivity index (χ2n) is 14.4. The second kappa shape index (κ2) is 19.1. The highest BCUT2D eigenvalue weighted by atomic mass is 32.1. The molecule has 0 aliphatic rings. The van der Waals surface area contributed by atoms with Crippen LogP contribution in [0.3, 0.4) is 0 Å². The number of fused-ring (bicyclic) bond motifs is 4. The van der Waals surface area contributed by atoms with E-state index in [9.17, 15) is 0 Å². The van der Waals surface area contributed by atoms with Crippen molar-refractivity contribution in [2.45, 2.75) is 163 Å². The van der Waals surface area contributed by atoms with Gasteiger partial charge in [-0.1, -0.05) is 154 Å². The Bertz CT molecular complexity index is 1640. The molecule has 0 amide bonds. The molecule has 0 fully saturated rings. The average molecular weight is 672 g/mol. The predicted octanol–water partition coefficient (Wildman–Crippen LogP) is 14.6. The smallest absolute Gasteiger partial charge is 0.112 e. The van der Waals surface area contributed by atoms with Crippen LogP contribution in [-0.2, 0) is 6.54 Å². The molecule has 5 rings (SSSR count). The van der Waals surface area contributed by atoms with Crippen LogP contribution in [0.25, 0.3) is 43.3 Å². The van der Waals surface area contributed by atoms with Crippen molar-refractivity contribution in [1.82, 2.24) is 13.3 Å². The first kappa shape index (κ1) is 36.1. The Morgan fingerprint density at radius 1 is 0.617 bits per heavy atom. The summed E-state index contributed by atoms with van der Waals surface area (Å²) in [5.41, 5.74) is 8.58. The van der Waals surface area contributed by atoms with Crippen LogP contribution in [0.2, 0.25) is 0 Å². The molecule has 0 bridgehead atoms. The van der Waals surface area contributed by atoms with Gasteiger partial charge in [0.15, 0.2) is 0 Å². The summed E-state index contributed by atoms with van der Waals surface area (Å²) >= 11 is 3.29. The van der Waals surface area contributed by atoms with Crippen LogP contribution in [0.5, 0.6) is 0 Å². The minimum atomic E-state index is 0.737. The molecule has 47 heavy (non-hydrogen) atoms. The standard InChI is InChI=1S/C42H61N3S2/c1-5-7-9-11-13-15-16-18-20-22-24-34(23-21-19-17-14-12-10-8-6-2)31-45-38-30-35(26-28-37(38)42-39(45)29-33(4)46-42)36-27-25-32(3)40-41(36)44-47-43-40/h25-30,34H,5-24,31H2,1-4H3. The summed E-state index contributed by atoms with van der Waals surface area (Å²) in [5.74, 6) is 0.737. The highest BCUT2D eigenvalue weighted by molar-refractivity contribution is 7.20. The van der Waals surface area contributed by atoms with Crippen LogP contribution >= 0.6 is 23.1 Å². The fourth-order valence-electron chi connectivity index (χ4n) is 7.63. The molecule has 0 aliphatic heterocycles. The van der Waals surface area contributed by atoms with Gasteiger partial charge in [0.2, 0.25) is 0 Å². The van der Waals surface area contributed by atoms with E-state index in [1.54, 1.807) is 0 Å². The molecule has 0 saturated heterocycles. The lowest BCUT2D eigenvalue weighted by molar-refractivity contribution is 0.364. The van der Waals surface area contributed by atoms with Gasteiger partial charge < -0.3 is 4.57 Å². The molecule has 256 valence electrons. The molecule has 3 aromatic heterocycles. The Hall–Kier alpha value is -2.24. The van der Waals surface area contributed by atoms with Crippen molar-refractivity contribution in [3.8, 4) is 11.1 Å². The molecule has 3 heterocycles. The van der Waals surface area contributed by atoms with Crippen molar-refractivity contribution in [1.29, 1.82) is 0 Å². The first-order chi connectivity index (χ1) is 23.1. The Morgan fingerprint density at radius 3 is 1.81 bits per heavy atom. The van der Waals surface area contributed by atoms with E-state index in [1.165, 1.54) is 183 Å². The van der Waals surface area contributed by atoms with E-state index < -0.39 is 0 Å². The summed E-state index contributed by atoms with van der Waals surface area (Å²) in [5, 5.41) is 1.41. The lowest BCUT2D eigenvalue weighted by atomic mass is 9.93. The maximum Gasteiger partial charge on any atom is 0.112 e. The fourth-order valence-corrected chi connectivity index (χ4v) is 9.30. The van der Waals surface area contributed by atoms with Gasteiger partial charge in [-0.25, -0.2) is 0 Å². The predicted molar refractivity (Wildman–Crippen MR) is 210 cm³/mol. The van der Waals surface area contributed by atoms with E-state index in [-0.39, 0.29) is 0 Å². The maximum absolute atomic E-state index is 4.72. The molecular formula is C42H61N3S2. The number of aromatic nitrogens is 3. The van der Waals surface area contributed by atoms with Crippen LogP contribution in [0.1, 0.15) is 153 Å². The first-order valence-corrected chi connectivity index (χ1v) is 20.9. The van der Waals surface area contributed by atoms with E-state index in [1.807, 2.05) is 11.3 Å². The van der Waals surface area contributed by atoms with Crippen molar-refractivity contribution in [3.05, 3.63) is 46.8 Å². The molecule has 0 radical (unpaired) electrons. The van der Waals surface area contributed by atoms with Crippen LogP contribution in [-0.4, -0.2) is 13.3 Å². The van der Waals surface area contributed by atoms with Gasteiger partial charge in [0.1, 0.15) is 11.0 Å². The minimum absolute atomic E-state index is 0.737. The lowest BCUT2D eigenvalue weighted by Crippen LogP contribution is -2.11. The molecule has 5 heteroatoms. The van der Waals surface area contributed by atoms with Gasteiger partial charge in [-0.3, -0.25) is 0 Å². The number of aryl methyl sites for hydroxylation is 2. The van der Waals surface area contributed by atoms with Gasteiger partial charge >= 0.3 is 0 Å². The fraction of sp³-hybridized carbons (Fsp3) is 0.619. The van der Waals surface area contributed by atoms with Crippen LogP contribution < -0.4 is 0 Å². The van der Waals surface area contributed by atoms with E-state index in [0.29, 0.717) is 0 Å². The van der Waals surface area contributed by atoms with Crippen molar-refractivity contribution < 1.29 is 0 Å². The van der Waals surface area contributed by atoms with Crippen LogP contribution in [0.4, 0.5) is 0 Å². The number of hydrogen-bond donors (Lipinski definition) is 0. The van der Waals surface area contributed by atoms with E-state index in [4.69, 9.17) is 4.37 Å². The van der Waals surface area contributed by atoms with Crippen LogP contribution in [0.15, 0.2) is 36.4 Å². The number of unbranched alkanes of at least 4 members (excludes halogenated alkanes) is 16. The van der Waals surface area contributed by atoms with E-state index in [2.05, 4.69) is 73.0 Å². The maximum atomic E-state index is 4.72. The third-order valence-electron chi connectivity index (χ3n) is 10.5. The zero-order valence-corrected chi connectivity index (χ0v) is 31.7. The molecule has 1 atom stereocenters. The lowest BCUT2D eigenvalue weighted by Gasteiger charge is -2.20. The molecule has 0 spiro atoms. The second-order valence-corrected chi connectivity index (χ2v) is 16.2. The Balaban J connectivity index is 1.30. The van der Waals surface area contributed by atoms with E-state index >= 15 is 0 Å². The van der Waals surface area contributed by atoms with E-state index in [0.717, 1.165) is 23.5 Å². The summed E-state index contributed by atoms with van der Waals surface area (Å²) in [4.78, 5) is 1.41. The molecule has 0 saturated carbocycles. The minimum Gasteiger partial charge on any atom is -0.339 e. The van der Waals surface area contributed by atoms with Gasteiger partial charge in [-0.15, -0.1) is 11.3 Å². The van der Waals surface area contributed by atoms with Gasteiger partial charge in [0.05, 0.1) is 27.5 Å². The Morgan fingerprint density at radius 2 is 1.19 bits per heavy atom. The number of benzene rings is 2. The third-order valence-corrected chi connectivity index (χ3v) is 12.1. The summed E-state index contributed by atoms with van der Waals surface area (Å²) in [7, 11) is 0. The monoisotopic (exact) mass is 671 g/mol. The quantitative estimate of drug-likeness (QED) is 0.0647. The molecular weight excluding hydrogens is 611 g/mol. The number of thiophene rings is 1. The van der Waals surface area contributed by atoms with Crippen molar-refractivity contribution >= 4 is 55.2 Å². The number of nitrogens with zero attached hydrogens (tertiary/aromatic N) is 3. The summed E-state index contributed by atoms with van der Waals surface area (Å²) < 4.78 is 13.5. The van der Waals surface area contributed by atoms with Crippen molar-refractivity contribution in [3.63, 3.8) is 0 Å². The molecule has 0 aliphatic carbocycles. The third kappa shape index (κ3) is 9.91. The molecule has 2 aromatic carbocycles. The summed E-state index contributed by atoms with van der Waals surface area (Å²) in [6.45, 7) is 10.2. The number of rotatable bonds is 23.